The number of H-pyrrole nitrogens is 1. The Labute approximate surface area is 178 Å². The Morgan fingerprint density at radius 2 is 2.03 bits per heavy atom. The molecule has 0 spiro atoms. The maximum Gasteiger partial charge on any atom is 0.254 e. The molecular weight excluding hydrogens is 380 g/mol. The summed E-state index contributed by atoms with van der Waals surface area (Å²) < 4.78 is 5.41. The summed E-state index contributed by atoms with van der Waals surface area (Å²) in [4.78, 5) is 35.1. The highest BCUT2D eigenvalue weighted by Crippen LogP contribution is 2.23. The predicted molar refractivity (Wildman–Crippen MR) is 116 cm³/mol. The third-order valence-electron chi connectivity index (χ3n) is 6.33. The van der Waals surface area contributed by atoms with Crippen LogP contribution in [0.1, 0.15) is 36.5 Å². The number of ether oxygens (including phenoxy) is 1. The van der Waals surface area contributed by atoms with E-state index in [-0.39, 0.29) is 17.9 Å². The lowest BCUT2D eigenvalue weighted by Gasteiger charge is -2.39. The molecule has 0 bridgehead atoms. The fraction of sp³-hybridized carbons (Fsp3) is 0.565. The number of aromatic amines is 1. The number of hydrogen-bond acceptors (Lipinski definition) is 4. The van der Waals surface area contributed by atoms with Gasteiger partial charge < -0.3 is 19.5 Å². The molecule has 30 heavy (non-hydrogen) atoms. The molecule has 2 aliphatic heterocycles. The van der Waals surface area contributed by atoms with Crippen molar-refractivity contribution in [1.29, 1.82) is 0 Å². The summed E-state index contributed by atoms with van der Waals surface area (Å²) in [6.07, 6.45) is 4.70. The minimum absolute atomic E-state index is 0.0571. The Morgan fingerprint density at radius 1 is 1.20 bits per heavy atom. The summed E-state index contributed by atoms with van der Waals surface area (Å²) in [6.45, 7) is 8.26. The van der Waals surface area contributed by atoms with Crippen LogP contribution in [0.5, 0.6) is 0 Å². The van der Waals surface area contributed by atoms with Crippen LogP contribution in [0, 0.1) is 0 Å². The number of aromatic nitrogens is 1. The number of likely N-dealkylation sites (tertiary alicyclic amines) is 1. The fourth-order valence-corrected chi connectivity index (χ4v) is 4.72. The molecular formula is C23H32N4O3. The van der Waals surface area contributed by atoms with E-state index in [9.17, 15) is 9.59 Å². The topological polar surface area (TPSA) is 68.9 Å². The van der Waals surface area contributed by atoms with Crippen molar-refractivity contribution in [2.45, 2.75) is 32.2 Å². The maximum atomic E-state index is 13.3. The summed E-state index contributed by atoms with van der Waals surface area (Å²) in [5.74, 6) is 0.158. The van der Waals surface area contributed by atoms with Crippen LogP contribution in [0.15, 0.2) is 30.5 Å². The molecule has 7 nitrogen and oxygen atoms in total. The summed E-state index contributed by atoms with van der Waals surface area (Å²) in [7, 11) is 0. The minimum Gasteiger partial charge on any atom is -0.379 e. The number of nitrogens with one attached hydrogen (secondary N) is 1. The first-order valence-corrected chi connectivity index (χ1v) is 11.1. The highest BCUT2D eigenvalue weighted by atomic mass is 16.5. The van der Waals surface area contributed by atoms with Crippen molar-refractivity contribution in [3.05, 3.63) is 36.0 Å². The van der Waals surface area contributed by atoms with Gasteiger partial charge in [-0.15, -0.1) is 0 Å². The number of piperidine rings is 1. The zero-order valence-electron chi connectivity index (χ0n) is 17.8. The highest BCUT2D eigenvalue weighted by molar-refractivity contribution is 6.06. The van der Waals surface area contributed by atoms with Gasteiger partial charge in [0.15, 0.2) is 0 Å². The first-order chi connectivity index (χ1) is 14.6. The van der Waals surface area contributed by atoms with Gasteiger partial charge >= 0.3 is 0 Å². The number of fused-ring (bicyclic) bond motifs is 1. The minimum atomic E-state index is 0.0571. The molecule has 1 aromatic carbocycles. The molecule has 2 fully saturated rings. The molecule has 2 aromatic rings. The largest absolute Gasteiger partial charge is 0.379 e. The quantitative estimate of drug-likeness (QED) is 0.791. The Morgan fingerprint density at radius 3 is 2.83 bits per heavy atom. The second-order valence-electron chi connectivity index (χ2n) is 8.31. The van der Waals surface area contributed by atoms with Gasteiger partial charge in [0.1, 0.15) is 0 Å². The summed E-state index contributed by atoms with van der Waals surface area (Å²) >= 11 is 0. The van der Waals surface area contributed by atoms with Crippen LogP contribution in [0.2, 0.25) is 0 Å². The smallest absolute Gasteiger partial charge is 0.254 e. The lowest BCUT2D eigenvalue weighted by atomic mass is 10.0. The second kappa shape index (κ2) is 9.62. The normalized spacial score (nSPS) is 20.4. The molecule has 1 N–H and O–H groups in total. The zero-order valence-corrected chi connectivity index (χ0v) is 17.8. The van der Waals surface area contributed by atoms with Crippen molar-refractivity contribution >= 4 is 22.7 Å². The van der Waals surface area contributed by atoms with E-state index >= 15 is 0 Å². The van der Waals surface area contributed by atoms with Crippen LogP contribution in [0.25, 0.3) is 10.9 Å². The number of amides is 2. The van der Waals surface area contributed by atoms with Crippen LogP contribution in [0.3, 0.4) is 0 Å². The second-order valence-corrected chi connectivity index (χ2v) is 8.31. The molecule has 3 heterocycles. The van der Waals surface area contributed by atoms with E-state index < -0.39 is 0 Å². The molecule has 4 rings (SSSR count). The van der Waals surface area contributed by atoms with Crippen LogP contribution in [-0.4, -0.2) is 90.0 Å². The lowest BCUT2D eigenvalue weighted by molar-refractivity contribution is -0.132. The van der Waals surface area contributed by atoms with E-state index in [1.807, 2.05) is 40.3 Å². The van der Waals surface area contributed by atoms with E-state index in [1.54, 1.807) is 6.92 Å². The number of carbonyl (C=O) groups is 2. The van der Waals surface area contributed by atoms with Gasteiger partial charge in [-0.25, -0.2) is 0 Å². The van der Waals surface area contributed by atoms with Crippen molar-refractivity contribution in [2.75, 3.05) is 52.5 Å². The Kier molecular flexibility index (Phi) is 6.69. The Balaban J connectivity index is 1.39. The van der Waals surface area contributed by atoms with Gasteiger partial charge in [-0.3, -0.25) is 14.5 Å². The Bertz CT molecular complexity index is 874. The van der Waals surface area contributed by atoms with Crippen molar-refractivity contribution in [3.8, 4) is 0 Å². The molecule has 162 valence electrons. The van der Waals surface area contributed by atoms with Crippen LogP contribution >= 0.6 is 0 Å². The van der Waals surface area contributed by atoms with Gasteiger partial charge in [0.2, 0.25) is 5.91 Å². The van der Waals surface area contributed by atoms with Gasteiger partial charge in [-0.2, -0.15) is 0 Å². The average Bonchev–Trinajstić information content (AvgIpc) is 3.26. The van der Waals surface area contributed by atoms with E-state index in [1.165, 1.54) is 0 Å². The van der Waals surface area contributed by atoms with Crippen LogP contribution in [-0.2, 0) is 9.53 Å². The summed E-state index contributed by atoms with van der Waals surface area (Å²) in [5.41, 5.74) is 1.71. The number of hydrogen-bond donors (Lipinski definition) is 1. The molecule has 0 saturated carbocycles. The standard InChI is InChI=1S/C23H32N4O3/c1-18(28)27(12-4-10-25-13-15-30-16-14-25)19-5-3-11-26(17-19)23(29)21-6-2-7-22-20(21)8-9-24-22/h2,6-9,19,24H,3-5,10-17H2,1H3. The van der Waals surface area contributed by atoms with Gasteiger partial charge in [0, 0.05) is 74.9 Å². The molecule has 2 aliphatic rings. The molecule has 1 unspecified atom stereocenters. The molecule has 2 amide bonds. The number of rotatable bonds is 6. The van der Waals surface area contributed by atoms with Crippen LogP contribution in [0.4, 0.5) is 0 Å². The molecule has 2 saturated heterocycles. The molecule has 0 radical (unpaired) electrons. The van der Waals surface area contributed by atoms with Gasteiger partial charge in [0.05, 0.1) is 13.2 Å². The number of benzene rings is 1. The monoisotopic (exact) mass is 412 g/mol. The number of nitrogens with zero attached hydrogens (tertiary/aromatic N) is 3. The Hall–Kier alpha value is -2.38. The first-order valence-electron chi connectivity index (χ1n) is 11.1. The van der Waals surface area contributed by atoms with E-state index in [2.05, 4.69) is 9.88 Å². The lowest BCUT2D eigenvalue weighted by Crippen LogP contribution is -2.51. The zero-order chi connectivity index (χ0) is 20.9. The molecule has 1 aromatic heterocycles. The third-order valence-corrected chi connectivity index (χ3v) is 6.33. The van der Waals surface area contributed by atoms with E-state index in [4.69, 9.17) is 4.74 Å². The van der Waals surface area contributed by atoms with Crippen molar-refractivity contribution in [3.63, 3.8) is 0 Å². The summed E-state index contributed by atoms with van der Waals surface area (Å²) in [6, 6.07) is 7.85. The van der Waals surface area contributed by atoms with Gasteiger partial charge in [-0.1, -0.05) is 6.07 Å². The van der Waals surface area contributed by atoms with Gasteiger partial charge in [0.25, 0.3) is 5.91 Å². The first kappa shape index (κ1) is 20.9. The fourth-order valence-electron chi connectivity index (χ4n) is 4.72. The molecule has 0 aliphatic carbocycles. The van der Waals surface area contributed by atoms with E-state index in [0.29, 0.717) is 6.54 Å². The number of morpholine rings is 1. The highest BCUT2D eigenvalue weighted by Gasteiger charge is 2.30. The van der Waals surface area contributed by atoms with Crippen LogP contribution < -0.4 is 0 Å². The van der Waals surface area contributed by atoms with Gasteiger partial charge in [-0.05, 0) is 37.5 Å². The number of carbonyl (C=O) groups excluding carboxylic acids is 2. The maximum absolute atomic E-state index is 13.3. The predicted octanol–water partition coefficient (Wildman–Crippen LogP) is 2.34. The van der Waals surface area contributed by atoms with E-state index in [0.717, 1.165) is 81.7 Å². The van der Waals surface area contributed by atoms with Crippen molar-refractivity contribution < 1.29 is 14.3 Å². The third kappa shape index (κ3) is 4.68. The molecule has 7 heteroatoms. The molecule has 1 atom stereocenters. The van der Waals surface area contributed by atoms with Crippen molar-refractivity contribution in [1.82, 2.24) is 19.7 Å². The summed E-state index contributed by atoms with van der Waals surface area (Å²) in [5, 5.41) is 0.957. The SMILES string of the molecule is CC(=O)N(CCCN1CCOCC1)C1CCCN(C(=O)c2cccc3[nH]ccc23)C1. The van der Waals surface area contributed by atoms with Crippen molar-refractivity contribution in [2.24, 2.45) is 0 Å². The average molecular weight is 413 g/mol.